The van der Waals surface area contributed by atoms with Gasteiger partial charge in [-0.2, -0.15) is 0 Å². The molecule has 0 unspecified atom stereocenters. The van der Waals surface area contributed by atoms with Crippen molar-refractivity contribution in [2.75, 3.05) is 13.2 Å². The monoisotopic (exact) mass is 214 g/mol. The number of hydrogen-bond donors (Lipinski definition) is 2. The highest BCUT2D eigenvalue weighted by atomic mass is 16.6. The number of carboxylic acid groups (broad SMARTS) is 1. The highest BCUT2D eigenvalue weighted by Gasteiger charge is 2.38. The molecule has 0 aromatic carbocycles. The SMILES string of the molecule is C=CCOC(=O)N1C[C@H](N)C[C@@H]1C(=O)O. The van der Waals surface area contributed by atoms with Gasteiger partial charge < -0.3 is 15.6 Å². The van der Waals surface area contributed by atoms with E-state index in [4.69, 9.17) is 15.6 Å². The van der Waals surface area contributed by atoms with Crippen LogP contribution in [0.4, 0.5) is 4.79 Å². The van der Waals surface area contributed by atoms with Crippen molar-refractivity contribution in [2.45, 2.75) is 18.5 Å². The van der Waals surface area contributed by atoms with E-state index in [0.29, 0.717) is 0 Å². The summed E-state index contributed by atoms with van der Waals surface area (Å²) < 4.78 is 4.75. The normalized spacial score (nSPS) is 25.0. The van der Waals surface area contributed by atoms with Crippen molar-refractivity contribution >= 4 is 12.1 Å². The van der Waals surface area contributed by atoms with Crippen LogP contribution in [0.25, 0.3) is 0 Å². The number of nitrogens with two attached hydrogens (primary N) is 1. The molecule has 2 atom stereocenters. The maximum absolute atomic E-state index is 11.4. The highest BCUT2D eigenvalue weighted by Crippen LogP contribution is 2.17. The fourth-order valence-corrected chi connectivity index (χ4v) is 1.52. The third-order valence-corrected chi connectivity index (χ3v) is 2.18. The molecule has 1 aliphatic rings. The zero-order valence-corrected chi connectivity index (χ0v) is 8.26. The third-order valence-electron chi connectivity index (χ3n) is 2.18. The fourth-order valence-electron chi connectivity index (χ4n) is 1.52. The van der Waals surface area contributed by atoms with Gasteiger partial charge in [0.1, 0.15) is 12.6 Å². The van der Waals surface area contributed by atoms with Crippen LogP contribution in [0.1, 0.15) is 6.42 Å². The van der Waals surface area contributed by atoms with Gasteiger partial charge in [-0.05, 0) is 6.42 Å². The number of likely N-dealkylation sites (tertiary alicyclic amines) is 1. The maximum Gasteiger partial charge on any atom is 0.410 e. The van der Waals surface area contributed by atoms with Crippen LogP contribution in [0.2, 0.25) is 0 Å². The smallest absolute Gasteiger partial charge is 0.410 e. The van der Waals surface area contributed by atoms with Crippen molar-refractivity contribution in [3.8, 4) is 0 Å². The summed E-state index contributed by atoms with van der Waals surface area (Å²) in [4.78, 5) is 23.3. The maximum atomic E-state index is 11.4. The fraction of sp³-hybridized carbons (Fsp3) is 0.556. The van der Waals surface area contributed by atoms with Crippen molar-refractivity contribution in [3.05, 3.63) is 12.7 Å². The standard InChI is InChI=1S/C9H14N2O4/c1-2-3-15-9(14)11-5-6(10)4-7(11)8(12)13/h2,6-7H,1,3-5,10H2,(H,12,13)/t6-,7-/m1/s1. The molecule has 0 bridgehead atoms. The molecule has 1 amide bonds. The molecule has 0 aromatic heterocycles. The molecule has 1 saturated heterocycles. The summed E-state index contributed by atoms with van der Waals surface area (Å²) in [5, 5.41) is 8.85. The lowest BCUT2D eigenvalue weighted by atomic mass is 10.2. The average Bonchev–Trinajstić information content (AvgIpc) is 2.57. The van der Waals surface area contributed by atoms with Gasteiger partial charge in [0, 0.05) is 12.6 Å². The van der Waals surface area contributed by atoms with Crippen LogP contribution in [0, 0.1) is 0 Å². The van der Waals surface area contributed by atoms with Crippen LogP contribution < -0.4 is 5.73 Å². The lowest BCUT2D eigenvalue weighted by molar-refractivity contribution is -0.141. The molecule has 1 heterocycles. The lowest BCUT2D eigenvalue weighted by Crippen LogP contribution is -2.41. The first-order valence-corrected chi connectivity index (χ1v) is 4.59. The van der Waals surface area contributed by atoms with E-state index in [-0.39, 0.29) is 25.6 Å². The lowest BCUT2D eigenvalue weighted by Gasteiger charge is -2.19. The Kier molecular flexibility index (Phi) is 3.68. The van der Waals surface area contributed by atoms with Gasteiger partial charge in [-0.1, -0.05) is 12.7 Å². The minimum absolute atomic E-state index is 0.0664. The first-order chi connectivity index (χ1) is 7.06. The molecule has 1 rings (SSSR count). The topological polar surface area (TPSA) is 92.9 Å². The predicted octanol–water partition coefficient (Wildman–Crippen LogP) is -0.205. The molecular formula is C9H14N2O4. The Morgan fingerprint density at radius 1 is 1.67 bits per heavy atom. The Balaban J connectivity index is 2.62. The molecule has 1 fully saturated rings. The summed E-state index contributed by atoms with van der Waals surface area (Å²) in [6.07, 6.45) is 1.03. The van der Waals surface area contributed by atoms with Crippen molar-refractivity contribution < 1.29 is 19.4 Å². The van der Waals surface area contributed by atoms with E-state index in [1.165, 1.54) is 6.08 Å². The molecule has 0 saturated carbocycles. The first kappa shape index (κ1) is 11.5. The van der Waals surface area contributed by atoms with E-state index >= 15 is 0 Å². The highest BCUT2D eigenvalue weighted by molar-refractivity contribution is 5.81. The van der Waals surface area contributed by atoms with E-state index in [1.807, 2.05) is 0 Å². The van der Waals surface area contributed by atoms with E-state index in [9.17, 15) is 9.59 Å². The predicted molar refractivity (Wildman–Crippen MR) is 52.3 cm³/mol. The number of hydrogen-bond acceptors (Lipinski definition) is 4. The van der Waals surface area contributed by atoms with E-state index < -0.39 is 18.1 Å². The van der Waals surface area contributed by atoms with Gasteiger partial charge in [-0.25, -0.2) is 9.59 Å². The van der Waals surface area contributed by atoms with Gasteiger partial charge in [-0.3, -0.25) is 4.90 Å². The largest absolute Gasteiger partial charge is 0.480 e. The zero-order chi connectivity index (χ0) is 11.4. The summed E-state index contributed by atoms with van der Waals surface area (Å²) in [5.74, 6) is -1.06. The second-order valence-corrected chi connectivity index (χ2v) is 3.37. The number of carboxylic acids is 1. The van der Waals surface area contributed by atoms with Crippen molar-refractivity contribution in [3.63, 3.8) is 0 Å². The van der Waals surface area contributed by atoms with Crippen LogP contribution in [0.15, 0.2) is 12.7 Å². The van der Waals surface area contributed by atoms with Crippen molar-refractivity contribution in [2.24, 2.45) is 5.73 Å². The second kappa shape index (κ2) is 4.79. The van der Waals surface area contributed by atoms with E-state index in [1.54, 1.807) is 0 Å². The average molecular weight is 214 g/mol. The van der Waals surface area contributed by atoms with Crippen LogP contribution in [0.3, 0.4) is 0 Å². The molecule has 1 aliphatic heterocycles. The Morgan fingerprint density at radius 3 is 2.87 bits per heavy atom. The van der Waals surface area contributed by atoms with Crippen molar-refractivity contribution in [1.82, 2.24) is 4.90 Å². The molecule has 6 nitrogen and oxygen atoms in total. The summed E-state index contributed by atoms with van der Waals surface area (Å²) >= 11 is 0. The number of aliphatic carboxylic acids is 1. The summed E-state index contributed by atoms with van der Waals surface area (Å²) in [7, 11) is 0. The van der Waals surface area contributed by atoms with Crippen LogP contribution in [-0.2, 0) is 9.53 Å². The van der Waals surface area contributed by atoms with Crippen molar-refractivity contribution in [1.29, 1.82) is 0 Å². The Bertz CT molecular complexity index is 279. The number of rotatable bonds is 3. The zero-order valence-electron chi connectivity index (χ0n) is 8.26. The quantitative estimate of drug-likeness (QED) is 0.634. The Morgan fingerprint density at radius 2 is 2.33 bits per heavy atom. The molecular weight excluding hydrogens is 200 g/mol. The molecule has 3 N–H and O–H groups in total. The first-order valence-electron chi connectivity index (χ1n) is 4.59. The molecule has 0 spiro atoms. The van der Waals surface area contributed by atoms with Crippen LogP contribution in [-0.4, -0.2) is 47.3 Å². The van der Waals surface area contributed by atoms with Crippen LogP contribution >= 0.6 is 0 Å². The minimum atomic E-state index is -1.06. The molecule has 0 aromatic rings. The summed E-state index contributed by atoms with van der Waals surface area (Å²) in [6, 6.07) is -1.18. The minimum Gasteiger partial charge on any atom is -0.480 e. The summed E-state index contributed by atoms with van der Waals surface area (Å²) in [5.41, 5.74) is 5.59. The number of amides is 1. The number of carbonyl (C=O) groups excluding carboxylic acids is 1. The summed E-state index contributed by atoms with van der Waals surface area (Å²) in [6.45, 7) is 3.67. The molecule has 0 aliphatic carbocycles. The van der Waals surface area contributed by atoms with E-state index in [0.717, 1.165) is 4.90 Å². The molecule has 84 valence electrons. The number of ether oxygens (including phenoxy) is 1. The van der Waals surface area contributed by atoms with Gasteiger partial charge in [0.05, 0.1) is 0 Å². The Labute approximate surface area is 87.3 Å². The number of carbonyl (C=O) groups is 2. The van der Waals surface area contributed by atoms with Gasteiger partial charge in [0.15, 0.2) is 0 Å². The van der Waals surface area contributed by atoms with Gasteiger partial charge in [0.2, 0.25) is 0 Å². The second-order valence-electron chi connectivity index (χ2n) is 3.37. The molecule has 15 heavy (non-hydrogen) atoms. The van der Waals surface area contributed by atoms with E-state index in [2.05, 4.69) is 6.58 Å². The number of nitrogens with zero attached hydrogens (tertiary/aromatic N) is 1. The molecule has 0 radical (unpaired) electrons. The van der Waals surface area contributed by atoms with Gasteiger partial charge in [0.25, 0.3) is 0 Å². The van der Waals surface area contributed by atoms with Gasteiger partial charge in [-0.15, -0.1) is 0 Å². The molecule has 6 heteroatoms. The van der Waals surface area contributed by atoms with Crippen LogP contribution in [0.5, 0.6) is 0 Å². The third kappa shape index (κ3) is 2.69. The Hall–Kier alpha value is -1.56. The van der Waals surface area contributed by atoms with Gasteiger partial charge >= 0.3 is 12.1 Å².